The number of hydrogen-bond acceptors (Lipinski definition) is 5. The molecule has 1 aliphatic rings. The predicted molar refractivity (Wildman–Crippen MR) is 80.3 cm³/mol. The summed E-state index contributed by atoms with van der Waals surface area (Å²) in [6.07, 6.45) is 0.177. The highest BCUT2D eigenvalue weighted by Gasteiger charge is 2.16. The van der Waals surface area contributed by atoms with Crippen molar-refractivity contribution >= 4 is 27.8 Å². The topological polar surface area (TPSA) is 94.1 Å². The second-order valence-electron chi connectivity index (χ2n) is 4.56. The van der Waals surface area contributed by atoms with Gasteiger partial charge in [0.15, 0.2) is 11.5 Å². The van der Waals surface area contributed by atoms with E-state index >= 15 is 0 Å². The molecule has 1 aromatic carbocycles. The summed E-state index contributed by atoms with van der Waals surface area (Å²) in [6, 6.07) is 3.56. The fourth-order valence-electron chi connectivity index (χ4n) is 1.90. The summed E-state index contributed by atoms with van der Waals surface area (Å²) in [7, 11) is 0. The van der Waals surface area contributed by atoms with E-state index in [0.29, 0.717) is 24.7 Å². The minimum atomic E-state index is -1.04. The van der Waals surface area contributed by atoms with E-state index in [1.165, 1.54) is 0 Å². The Hall–Kier alpha value is -1.80. The van der Waals surface area contributed by atoms with Crippen LogP contribution in [0.25, 0.3) is 0 Å². The van der Waals surface area contributed by atoms with Crippen LogP contribution in [-0.2, 0) is 20.7 Å². The number of rotatable bonds is 7. The van der Waals surface area contributed by atoms with E-state index in [2.05, 4.69) is 21.2 Å². The third kappa shape index (κ3) is 4.88. The van der Waals surface area contributed by atoms with Crippen molar-refractivity contribution in [2.75, 3.05) is 33.0 Å². The first-order valence-corrected chi connectivity index (χ1v) is 7.50. The lowest BCUT2D eigenvalue weighted by Crippen LogP contribution is -2.29. The van der Waals surface area contributed by atoms with Gasteiger partial charge < -0.3 is 24.6 Å². The summed E-state index contributed by atoms with van der Waals surface area (Å²) in [4.78, 5) is 22.1. The van der Waals surface area contributed by atoms with Crippen LogP contribution in [0.1, 0.15) is 5.56 Å². The van der Waals surface area contributed by atoms with Crippen molar-refractivity contribution in [1.29, 1.82) is 0 Å². The van der Waals surface area contributed by atoms with Crippen LogP contribution in [0.2, 0.25) is 0 Å². The van der Waals surface area contributed by atoms with E-state index in [0.717, 1.165) is 10.0 Å². The van der Waals surface area contributed by atoms with Crippen molar-refractivity contribution in [1.82, 2.24) is 5.32 Å². The third-order valence-electron chi connectivity index (χ3n) is 2.86. The van der Waals surface area contributed by atoms with Gasteiger partial charge in [-0.25, -0.2) is 4.79 Å². The molecule has 0 bridgehead atoms. The van der Waals surface area contributed by atoms with E-state index < -0.39 is 5.97 Å². The number of nitrogens with one attached hydrogen (secondary N) is 1. The van der Waals surface area contributed by atoms with Crippen LogP contribution in [0.5, 0.6) is 11.5 Å². The Kier molecular flexibility index (Phi) is 6.02. The van der Waals surface area contributed by atoms with Crippen molar-refractivity contribution in [2.45, 2.75) is 6.42 Å². The van der Waals surface area contributed by atoms with Gasteiger partial charge in [-0.1, -0.05) is 15.9 Å². The number of fused-ring (bicyclic) bond motifs is 1. The van der Waals surface area contributed by atoms with Crippen LogP contribution in [0, 0.1) is 0 Å². The second-order valence-corrected chi connectivity index (χ2v) is 5.41. The van der Waals surface area contributed by atoms with Gasteiger partial charge in [-0.2, -0.15) is 0 Å². The lowest BCUT2D eigenvalue weighted by atomic mass is 10.1. The largest absolute Gasteiger partial charge is 0.486 e. The first-order chi connectivity index (χ1) is 10.6. The molecule has 1 amide bonds. The zero-order valence-electron chi connectivity index (χ0n) is 11.8. The minimum absolute atomic E-state index is 0.153. The molecule has 1 heterocycles. The fourth-order valence-corrected chi connectivity index (χ4v) is 2.36. The van der Waals surface area contributed by atoms with E-state index in [4.69, 9.17) is 19.3 Å². The van der Waals surface area contributed by atoms with Crippen molar-refractivity contribution in [3.63, 3.8) is 0 Å². The predicted octanol–water partition coefficient (Wildman–Crippen LogP) is 0.980. The smallest absolute Gasteiger partial charge is 0.329 e. The first-order valence-electron chi connectivity index (χ1n) is 6.70. The number of carboxylic acids is 1. The number of carbonyl (C=O) groups excluding carboxylic acids is 1. The molecule has 120 valence electrons. The highest BCUT2D eigenvalue weighted by molar-refractivity contribution is 9.10. The molecule has 0 aliphatic carbocycles. The second kappa shape index (κ2) is 8.00. The molecule has 22 heavy (non-hydrogen) atoms. The number of carbonyl (C=O) groups is 2. The highest BCUT2D eigenvalue weighted by atomic mass is 79.9. The van der Waals surface area contributed by atoms with Gasteiger partial charge in [-0.3, -0.25) is 4.79 Å². The molecule has 7 nitrogen and oxygen atoms in total. The van der Waals surface area contributed by atoms with Crippen LogP contribution >= 0.6 is 15.9 Å². The Morgan fingerprint density at radius 1 is 1.27 bits per heavy atom. The maximum atomic E-state index is 11.9. The van der Waals surface area contributed by atoms with Crippen LogP contribution in [0.4, 0.5) is 0 Å². The zero-order valence-corrected chi connectivity index (χ0v) is 13.3. The summed E-state index contributed by atoms with van der Waals surface area (Å²) >= 11 is 3.41. The summed E-state index contributed by atoms with van der Waals surface area (Å²) in [5.74, 6) is 0.0641. The molecule has 0 spiro atoms. The molecular weight excluding hydrogens is 358 g/mol. The van der Waals surface area contributed by atoms with Crippen molar-refractivity contribution in [3.05, 3.63) is 22.2 Å². The zero-order chi connectivity index (χ0) is 15.9. The number of halogens is 1. The lowest BCUT2D eigenvalue weighted by molar-refractivity contribution is -0.142. The third-order valence-corrected chi connectivity index (χ3v) is 3.59. The van der Waals surface area contributed by atoms with Gasteiger partial charge in [0.2, 0.25) is 5.91 Å². The summed E-state index contributed by atoms with van der Waals surface area (Å²) in [5.41, 5.74) is 0.785. The Morgan fingerprint density at radius 3 is 2.64 bits per heavy atom. The molecule has 0 aromatic heterocycles. The molecule has 0 radical (unpaired) electrons. The van der Waals surface area contributed by atoms with Crippen molar-refractivity contribution in [3.8, 4) is 11.5 Å². The summed E-state index contributed by atoms with van der Waals surface area (Å²) in [5, 5.41) is 11.1. The van der Waals surface area contributed by atoms with Crippen LogP contribution in [0.15, 0.2) is 16.6 Å². The molecule has 0 saturated heterocycles. The molecule has 8 heteroatoms. The Bertz CT molecular complexity index is 563. The molecule has 0 saturated carbocycles. The standard InChI is InChI=1S/C14H16BrNO6/c15-10-7-12-11(21-3-4-22-12)5-9(10)6-13(17)16-1-2-20-8-14(18)19/h5,7H,1-4,6,8H2,(H,16,17)(H,18,19). The number of hydrogen-bond donors (Lipinski definition) is 2. The highest BCUT2D eigenvalue weighted by Crippen LogP contribution is 2.35. The Morgan fingerprint density at radius 2 is 1.95 bits per heavy atom. The number of carboxylic acid groups (broad SMARTS) is 1. The minimum Gasteiger partial charge on any atom is -0.486 e. The molecule has 0 atom stereocenters. The molecule has 2 rings (SSSR count). The van der Waals surface area contributed by atoms with E-state index in [1.807, 2.05) is 0 Å². The Balaban J connectivity index is 1.82. The fraction of sp³-hybridized carbons (Fsp3) is 0.429. The normalized spacial score (nSPS) is 12.8. The first kappa shape index (κ1) is 16.6. The Labute approximate surface area is 135 Å². The van der Waals surface area contributed by atoms with Gasteiger partial charge in [0.25, 0.3) is 0 Å². The maximum absolute atomic E-state index is 11.9. The van der Waals surface area contributed by atoms with Gasteiger partial charge in [0.05, 0.1) is 13.0 Å². The van der Waals surface area contributed by atoms with E-state index in [-0.39, 0.29) is 32.1 Å². The van der Waals surface area contributed by atoms with E-state index in [1.54, 1.807) is 12.1 Å². The maximum Gasteiger partial charge on any atom is 0.329 e. The molecule has 1 aromatic rings. The summed E-state index contributed by atoms with van der Waals surface area (Å²) < 4.78 is 16.5. The lowest BCUT2D eigenvalue weighted by Gasteiger charge is -2.19. The molecular formula is C14H16BrNO6. The van der Waals surface area contributed by atoms with Gasteiger partial charge >= 0.3 is 5.97 Å². The van der Waals surface area contributed by atoms with Crippen LogP contribution in [0.3, 0.4) is 0 Å². The monoisotopic (exact) mass is 373 g/mol. The molecule has 0 fully saturated rings. The SMILES string of the molecule is O=C(O)COCCNC(=O)Cc1cc2c(cc1Br)OCCO2. The number of benzene rings is 1. The molecule has 1 aliphatic heterocycles. The number of aliphatic carboxylic acids is 1. The van der Waals surface area contributed by atoms with Crippen LogP contribution in [-0.4, -0.2) is 50.0 Å². The van der Waals surface area contributed by atoms with Gasteiger partial charge in [-0.05, 0) is 17.7 Å². The summed E-state index contributed by atoms with van der Waals surface area (Å²) in [6.45, 7) is 1.04. The quantitative estimate of drug-likeness (QED) is 0.692. The van der Waals surface area contributed by atoms with Gasteiger partial charge in [0, 0.05) is 11.0 Å². The van der Waals surface area contributed by atoms with Crippen molar-refractivity contribution < 1.29 is 28.9 Å². The van der Waals surface area contributed by atoms with Gasteiger partial charge in [0.1, 0.15) is 19.8 Å². The average molecular weight is 374 g/mol. The van der Waals surface area contributed by atoms with Crippen LogP contribution < -0.4 is 14.8 Å². The average Bonchev–Trinajstić information content (AvgIpc) is 2.47. The van der Waals surface area contributed by atoms with E-state index in [9.17, 15) is 9.59 Å². The number of ether oxygens (including phenoxy) is 3. The number of amides is 1. The van der Waals surface area contributed by atoms with Gasteiger partial charge in [-0.15, -0.1) is 0 Å². The van der Waals surface area contributed by atoms with Crippen molar-refractivity contribution in [2.24, 2.45) is 0 Å². The molecule has 2 N–H and O–H groups in total. The molecule has 0 unspecified atom stereocenters.